The van der Waals surface area contributed by atoms with Gasteiger partial charge in [0.25, 0.3) is 0 Å². The average molecular weight is 814 g/mol. The van der Waals surface area contributed by atoms with Gasteiger partial charge in [0.05, 0.1) is 10.8 Å². The molecular weight excluding hydrogens is 771 g/mol. The molecule has 1 nitrogen and oxygen atoms in total. The van der Waals surface area contributed by atoms with Crippen molar-refractivity contribution in [2.24, 2.45) is 0 Å². The highest BCUT2D eigenvalue weighted by molar-refractivity contribution is 5.97. The summed E-state index contributed by atoms with van der Waals surface area (Å²) in [4.78, 5) is 2.49. The van der Waals surface area contributed by atoms with E-state index in [9.17, 15) is 0 Å². The fourth-order valence-corrected chi connectivity index (χ4v) is 11.8. The van der Waals surface area contributed by atoms with Crippen LogP contribution in [0.3, 0.4) is 0 Å². The molecule has 1 spiro atoms. The zero-order valence-corrected chi connectivity index (χ0v) is 35.5. The van der Waals surface area contributed by atoms with Gasteiger partial charge in [-0.05, 0) is 132 Å². The van der Waals surface area contributed by atoms with Gasteiger partial charge in [0.15, 0.2) is 0 Å². The summed E-state index contributed by atoms with van der Waals surface area (Å²) in [6.45, 7) is 2.18. The van der Waals surface area contributed by atoms with Gasteiger partial charge < -0.3 is 4.90 Å². The van der Waals surface area contributed by atoms with Gasteiger partial charge >= 0.3 is 0 Å². The highest BCUT2D eigenvalue weighted by Gasteiger charge is 2.52. The van der Waals surface area contributed by atoms with Gasteiger partial charge in [-0.3, -0.25) is 0 Å². The third-order valence-corrected chi connectivity index (χ3v) is 14.4. The van der Waals surface area contributed by atoms with Crippen molar-refractivity contribution in [1.29, 1.82) is 0 Å². The molecule has 64 heavy (non-hydrogen) atoms. The Morgan fingerprint density at radius 1 is 0.266 bits per heavy atom. The second-order valence-electron chi connectivity index (χ2n) is 17.6. The second kappa shape index (κ2) is 14.0. The first kappa shape index (κ1) is 36.6. The standard InChI is InChI=1S/C63H43N/c1-42-28-32-46(33-29-42)62(45-18-6-3-7-19-45)56-24-12-8-22-52(56)54-38-36-48(40-60(54)62)64(47-34-30-44(31-35-47)43-16-4-2-5-17-43)49-37-39-55-53-23-11-15-27-59(53)63(61(55)41-49)57-25-13-9-20-50(57)51-21-10-14-26-58(51)63/h2-41H,1H3. The minimum Gasteiger partial charge on any atom is -0.310 e. The molecule has 13 rings (SSSR count). The van der Waals surface area contributed by atoms with Gasteiger partial charge in [-0.25, -0.2) is 0 Å². The Hall–Kier alpha value is -8.00. The quantitative estimate of drug-likeness (QED) is 0.162. The molecule has 1 heteroatoms. The topological polar surface area (TPSA) is 3.24 Å². The third kappa shape index (κ3) is 5.01. The summed E-state index contributed by atoms with van der Waals surface area (Å²) in [6.07, 6.45) is 0. The van der Waals surface area contributed by atoms with Crippen molar-refractivity contribution in [2.75, 3.05) is 4.90 Å². The zero-order valence-electron chi connectivity index (χ0n) is 35.5. The highest BCUT2D eigenvalue weighted by atomic mass is 15.1. The first-order chi connectivity index (χ1) is 31.7. The summed E-state index contributed by atoms with van der Waals surface area (Å²) < 4.78 is 0. The zero-order chi connectivity index (χ0) is 42.4. The van der Waals surface area contributed by atoms with Crippen LogP contribution in [0.15, 0.2) is 243 Å². The van der Waals surface area contributed by atoms with E-state index in [2.05, 4.69) is 254 Å². The van der Waals surface area contributed by atoms with E-state index in [1.54, 1.807) is 0 Å². The molecule has 1 unspecified atom stereocenters. The SMILES string of the molecule is Cc1ccc(C2(c3ccccc3)c3ccccc3-c3ccc(N(c4ccc(-c5ccccc5)cc4)c4ccc5c(c4)C4(c6ccccc6-c6ccccc64)c4ccccc4-5)cc32)cc1. The molecule has 0 fully saturated rings. The van der Waals surface area contributed by atoms with Crippen molar-refractivity contribution >= 4 is 17.1 Å². The van der Waals surface area contributed by atoms with Crippen LogP contribution in [-0.4, -0.2) is 0 Å². The van der Waals surface area contributed by atoms with Crippen LogP contribution < -0.4 is 4.90 Å². The summed E-state index contributed by atoms with van der Waals surface area (Å²) in [6, 6.07) is 90.9. The molecule has 3 aliphatic rings. The highest BCUT2D eigenvalue weighted by Crippen LogP contribution is 2.64. The van der Waals surface area contributed by atoms with Crippen molar-refractivity contribution in [3.05, 3.63) is 293 Å². The predicted molar refractivity (Wildman–Crippen MR) is 265 cm³/mol. The van der Waals surface area contributed by atoms with Gasteiger partial charge in [-0.1, -0.05) is 212 Å². The van der Waals surface area contributed by atoms with Crippen molar-refractivity contribution < 1.29 is 0 Å². The molecule has 0 heterocycles. The van der Waals surface area contributed by atoms with Crippen LogP contribution in [0.5, 0.6) is 0 Å². The molecule has 10 aromatic rings. The summed E-state index contributed by atoms with van der Waals surface area (Å²) >= 11 is 0. The molecule has 0 saturated carbocycles. The number of aryl methyl sites for hydroxylation is 1. The van der Waals surface area contributed by atoms with E-state index >= 15 is 0 Å². The fourth-order valence-electron chi connectivity index (χ4n) is 11.8. The fraction of sp³-hybridized carbons (Fsp3) is 0.0476. The minimum absolute atomic E-state index is 0.453. The average Bonchev–Trinajstić information content (AvgIpc) is 3.95. The smallest absolute Gasteiger partial charge is 0.0726 e. The Kier molecular flexibility index (Phi) is 8.02. The van der Waals surface area contributed by atoms with Gasteiger partial charge in [0.2, 0.25) is 0 Å². The van der Waals surface area contributed by atoms with Crippen molar-refractivity contribution in [3.8, 4) is 44.5 Å². The maximum absolute atomic E-state index is 2.51. The number of benzene rings is 10. The Labute approximate surface area is 375 Å². The normalized spacial score (nSPS) is 15.5. The van der Waals surface area contributed by atoms with Crippen LogP contribution in [0.2, 0.25) is 0 Å². The number of nitrogens with zero attached hydrogens (tertiary/aromatic N) is 1. The molecule has 3 aliphatic carbocycles. The van der Waals surface area contributed by atoms with Crippen molar-refractivity contribution in [1.82, 2.24) is 0 Å². The summed E-state index contributed by atoms with van der Waals surface area (Å²) in [5.74, 6) is 0. The van der Waals surface area contributed by atoms with Crippen molar-refractivity contribution in [2.45, 2.75) is 17.8 Å². The molecule has 0 radical (unpaired) electrons. The summed E-state index contributed by atoms with van der Waals surface area (Å²) in [7, 11) is 0. The summed E-state index contributed by atoms with van der Waals surface area (Å²) in [5, 5.41) is 0. The lowest BCUT2D eigenvalue weighted by Crippen LogP contribution is -2.28. The molecule has 0 amide bonds. The lowest BCUT2D eigenvalue weighted by atomic mass is 9.67. The van der Waals surface area contributed by atoms with Crippen LogP contribution in [-0.2, 0) is 10.8 Å². The van der Waals surface area contributed by atoms with Crippen LogP contribution in [0, 0.1) is 6.92 Å². The number of rotatable bonds is 6. The largest absolute Gasteiger partial charge is 0.310 e. The summed E-state index contributed by atoms with van der Waals surface area (Å²) in [5.41, 5.74) is 24.3. The van der Waals surface area contributed by atoms with Crippen LogP contribution >= 0.6 is 0 Å². The Morgan fingerprint density at radius 3 is 1.12 bits per heavy atom. The number of fused-ring (bicyclic) bond motifs is 13. The van der Waals surface area contributed by atoms with Crippen LogP contribution in [0.1, 0.15) is 50.1 Å². The molecule has 0 bridgehead atoms. The van der Waals surface area contributed by atoms with Gasteiger partial charge in [-0.15, -0.1) is 0 Å². The van der Waals surface area contributed by atoms with E-state index in [0.29, 0.717) is 0 Å². The molecule has 0 aliphatic heterocycles. The Bertz CT molecular complexity index is 3370. The first-order valence-electron chi connectivity index (χ1n) is 22.4. The number of hydrogen-bond donors (Lipinski definition) is 0. The number of hydrogen-bond acceptors (Lipinski definition) is 1. The first-order valence-corrected chi connectivity index (χ1v) is 22.4. The molecule has 300 valence electrons. The monoisotopic (exact) mass is 813 g/mol. The molecule has 0 aromatic heterocycles. The maximum Gasteiger partial charge on any atom is 0.0726 e. The van der Waals surface area contributed by atoms with E-state index in [0.717, 1.165) is 17.1 Å². The Balaban J connectivity index is 1.08. The predicted octanol–water partition coefficient (Wildman–Crippen LogP) is 15.8. The van der Waals surface area contributed by atoms with E-state index in [-0.39, 0.29) is 0 Å². The van der Waals surface area contributed by atoms with Crippen LogP contribution in [0.25, 0.3) is 44.5 Å². The molecule has 0 saturated heterocycles. The lowest BCUT2D eigenvalue weighted by molar-refractivity contribution is 0.768. The molecule has 10 aromatic carbocycles. The van der Waals surface area contributed by atoms with E-state index in [1.807, 2.05) is 0 Å². The minimum atomic E-state index is -0.527. The van der Waals surface area contributed by atoms with Gasteiger partial charge in [0.1, 0.15) is 0 Å². The maximum atomic E-state index is 2.51. The number of anilines is 3. The van der Waals surface area contributed by atoms with Crippen molar-refractivity contribution in [3.63, 3.8) is 0 Å². The van der Waals surface area contributed by atoms with Gasteiger partial charge in [-0.2, -0.15) is 0 Å². The lowest BCUT2D eigenvalue weighted by Gasteiger charge is -2.35. The van der Waals surface area contributed by atoms with E-state index in [1.165, 1.54) is 94.6 Å². The molecule has 0 N–H and O–H groups in total. The molecular formula is C63H43N. The van der Waals surface area contributed by atoms with Gasteiger partial charge in [0, 0.05) is 17.1 Å². The third-order valence-electron chi connectivity index (χ3n) is 14.4. The molecule has 1 atom stereocenters. The van der Waals surface area contributed by atoms with Crippen LogP contribution in [0.4, 0.5) is 17.1 Å². The van der Waals surface area contributed by atoms with E-state index in [4.69, 9.17) is 0 Å². The second-order valence-corrected chi connectivity index (χ2v) is 17.6. The van der Waals surface area contributed by atoms with E-state index < -0.39 is 10.8 Å². The Morgan fingerprint density at radius 2 is 0.625 bits per heavy atom.